The first kappa shape index (κ1) is 26.3. The SMILES string of the molecule is CC(=O)N1CC[C@H](Oc2cc(C)c(-c3cccc(COc4ccc5c(c4)OC[C@H]5CC(=O)O)c3)c(C)c2)C1=O. The third-order valence-corrected chi connectivity index (χ3v) is 7.23. The number of carboxylic acid groups (broad SMARTS) is 1. The molecule has 3 aromatic rings. The van der Waals surface area contributed by atoms with Crippen LogP contribution in [0.15, 0.2) is 54.6 Å². The molecule has 2 atom stereocenters. The number of aryl methyl sites for hydroxylation is 2. The topological polar surface area (TPSA) is 102 Å². The summed E-state index contributed by atoms with van der Waals surface area (Å²) in [6, 6.07) is 17.6. The van der Waals surface area contributed by atoms with E-state index in [9.17, 15) is 14.4 Å². The van der Waals surface area contributed by atoms with E-state index in [1.54, 1.807) is 0 Å². The number of rotatable bonds is 8. The Balaban J connectivity index is 1.27. The molecule has 3 aromatic carbocycles. The second-order valence-corrected chi connectivity index (χ2v) is 10.1. The average molecular weight is 530 g/mol. The fourth-order valence-electron chi connectivity index (χ4n) is 5.40. The number of fused-ring (bicyclic) bond motifs is 1. The average Bonchev–Trinajstić information content (AvgIpc) is 3.45. The van der Waals surface area contributed by atoms with E-state index in [1.165, 1.54) is 11.8 Å². The Morgan fingerprint density at radius 3 is 2.51 bits per heavy atom. The van der Waals surface area contributed by atoms with Gasteiger partial charge in [0.25, 0.3) is 5.91 Å². The van der Waals surface area contributed by atoms with E-state index in [-0.39, 0.29) is 24.2 Å². The van der Waals surface area contributed by atoms with E-state index in [0.717, 1.165) is 33.4 Å². The molecule has 0 spiro atoms. The third-order valence-electron chi connectivity index (χ3n) is 7.23. The highest BCUT2D eigenvalue weighted by Crippen LogP contribution is 2.38. The molecule has 0 radical (unpaired) electrons. The lowest BCUT2D eigenvalue weighted by Crippen LogP contribution is -2.35. The molecule has 2 amide bonds. The Morgan fingerprint density at radius 2 is 1.82 bits per heavy atom. The van der Waals surface area contributed by atoms with Crippen molar-refractivity contribution in [2.24, 2.45) is 0 Å². The lowest BCUT2D eigenvalue weighted by atomic mass is 9.94. The summed E-state index contributed by atoms with van der Waals surface area (Å²) >= 11 is 0. The Hall–Kier alpha value is -4.33. The number of likely N-dealkylation sites (tertiary alicyclic amines) is 1. The van der Waals surface area contributed by atoms with E-state index in [4.69, 9.17) is 19.3 Å². The van der Waals surface area contributed by atoms with Gasteiger partial charge in [-0.15, -0.1) is 0 Å². The van der Waals surface area contributed by atoms with Crippen LogP contribution < -0.4 is 14.2 Å². The van der Waals surface area contributed by atoms with Crippen molar-refractivity contribution < 1.29 is 33.7 Å². The summed E-state index contributed by atoms with van der Waals surface area (Å²) in [5.74, 6) is 0.426. The summed E-state index contributed by atoms with van der Waals surface area (Å²) in [4.78, 5) is 36.4. The zero-order valence-corrected chi connectivity index (χ0v) is 22.2. The molecule has 8 heteroatoms. The third kappa shape index (κ3) is 5.60. The van der Waals surface area contributed by atoms with Gasteiger partial charge in [-0.2, -0.15) is 0 Å². The maximum atomic E-state index is 12.5. The van der Waals surface area contributed by atoms with E-state index in [1.807, 2.05) is 56.3 Å². The quantitative estimate of drug-likeness (QED) is 0.437. The van der Waals surface area contributed by atoms with Crippen molar-refractivity contribution in [3.63, 3.8) is 0 Å². The molecule has 39 heavy (non-hydrogen) atoms. The van der Waals surface area contributed by atoms with Gasteiger partial charge in [-0.3, -0.25) is 19.3 Å². The molecule has 2 aliphatic heterocycles. The Morgan fingerprint density at radius 1 is 1.05 bits per heavy atom. The molecule has 8 nitrogen and oxygen atoms in total. The molecule has 0 aliphatic carbocycles. The summed E-state index contributed by atoms with van der Waals surface area (Å²) in [5, 5.41) is 9.10. The Kier molecular flexibility index (Phi) is 7.28. The van der Waals surface area contributed by atoms with Gasteiger partial charge in [0, 0.05) is 37.4 Å². The normalized spacial score (nSPS) is 18.0. The van der Waals surface area contributed by atoms with Crippen LogP contribution in [0.5, 0.6) is 17.2 Å². The summed E-state index contributed by atoms with van der Waals surface area (Å²) < 4.78 is 17.7. The van der Waals surface area contributed by atoms with Crippen LogP contribution in [0.3, 0.4) is 0 Å². The van der Waals surface area contributed by atoms with Crippen LogP contribution in [0.4, 0.5) is 0 Å². The highest BCUT2D eigenvalue weighted by molar-refractivity contribution is 5.98. The predicted molar refractivity (Wildman–Crippen MR) is 144 cm³/mol. The molecule has 2 heterocycles. The summed E-state index contributed by atoms with van der Waals surface area (Å²) in [7, 11) is 0. The molecule has 1 N–H and O–H groups in total. The van der Waals surface area contributed by atoms with Crippen LogP contribution in [-0.2, 0) is 21.0 Å². The molecule has 0 saturated carbocycles. The van der Waals surface area contributed by atoms with Gasteiger partial charge in [-0.1, -0.05) is 24.3 Å². The smallest absolute Gasteiger partial charge is 0.304 e. The first-order chi connectivity index (χ1) is 18.7. The highest BCUT2D eigenvalue weighted by Gasteiger charge is 2.35. The molecule has 0 unspecified atom stereocenters. The molecule has 5 rings (SSSR count). The van der Waals surface area contributed by atoms with Crippen molar-refractivity contribution >= 4 is 17.8 Å². The fraction of sp³-hybridized carbons (Fsp3) is 0.323. The number of nitrogens with zero attached hydrogens (tertiary/aromatic N) is 1. The van der Waals surface area contributed by atoms with E-state index >= 15 is 0 Å². The number of carboxylic acids is 1. The fourth-order valence-corrected chi connectivity index (χ4v) is 5.40. The van der Waals surface area contributed by atoms with Crippen LogP contribution >= 0.6 is 0 Å². The molecule has 0 aromatic heterocycles. The van der Waals surface area contributed by atoms with E-state index in [0.29, 0.717) is 43.4 Å². The number of aliphatic carboxylic acids is 1. The lowest BCUT2D eigenvalue weighted by molar-refractivity contribution is -0.143. The van der Waals surface area contributed by atoms with Gasteiger partial charge in [-0.05, 0) is 65.9 Å². The van der Waals surface area contributed by atoms with Gasteiger partial charge in [0.05, 0.1) is 13.0 Å². The molecule has 202 valence electrons. The van der Waals surface area contributed by atoms with Crippen LogP contribution in [0, 0.1) is 13.8 Å². The maximum absolute atomic E-state index is 12.5. The van der Waals surface area contributed by atoms with E-state index in [2.05, 4.69) is 12.1 Å². The van der Waals surface area contributed by atoms with Gasteiger partial charge in [0.15, 0.2) is 6.10 Å². The minimum absolute atomic E-state index is 0.0448. The molecule has 1 fully saturated rings. The molecular weight excluding hydrogens is 498 g/mol. The summed E-state index contributed by atoms with van der Waals surface area (Å²) in [5.41, 5.74) is 6.07. The number of benzene rings is 3. The van der Waals surface area contributed by atoms with Crippen molar-refractivity contribution in [1.82, 2.24) is 4.90 Å². The number of hydrogen-bond donors (Lipinski definition) is 1. The van der Waals surface area contributed by atoms with Crippen molar-refractivity contribution in [1.29, 1.82) is 0 Å². The molecule has 1 saturated heterocycles. The zero-order valence-electron chi connectivity index (χ0n) is 22.2. The van der Waals surface area contributed by atoms with Gasteiger partial charge in [0.1, 0.15) is 23.9 Å². The van der Waals surface area contributed by atoms with Crippen molar-refractivity contribution in [2.45, 2.75) is 52.2 Å². The summed E-state index contributed by atoms with van der Waals surface area (Å²) in [6.07, 6.45) is -0.116. The monoisotopic (exact) mass is 529 g/mol. The van der Waals surface area contributed by atoms with Crippen molar-refractivity contribution in [3.8, 4) is 28.4 Å². The van der Waals surface area contributed by atoms with Gasteiger partial charge in [-0.25, -0.2) is 0 Å². The first-order valence-corrected chi connectivity index (χ1v) is 13.0. The molecular formula is C31H31NO7. The lowest BCUT2D eigenvalue weighted by Gasteiger charge is -2.17. The van der Waals surface area contributed by atoms with Gasteiger partial charge in [0.2, 0.25) is 5.91 Å². The standard InChI is InChI=1S/C31H31NO7/c1-18-11-25(39-27-9-10-32(20(3)33)31(27)36)12-19(2)30(18)22-6-4-5-21(13-22)16-37-24-7-8-26-23(14-29(34)35)17-38-28(26)15-24/h4-8,11-13,15,23,27H,9-10,14,16-17H2,1-3H3,(H,34,35)/t23-,27+/m1/s1. The minimum atomic E-state index is -0.839. The van der Waals surface area contributed by atoms with Crippen LogP contribution in [0.2, 0.25) is 0 Å². The van der Waals surface area contributed by atoms with Crippen molar-refractivity contribution in [3.05, 3.63) is 76.9 Å². The molecule has 2 aliphatic rings. The summed E-state index contributed by atoms with van der Waals surface area (Å²) in [6.45, 7) is 6.53. The number of ether oxygens (including phenoxy) is 3. The maximum Gasteiger partial charge on any atom is 0.304 e. The number of carbonyl (C=O) groups is 3. The number of amides is 2. The second kappa shape index (κ2) is 10.8. The predicted octanol–water partition coefficient (Wildman–Crippen LogP) is 5.03. The number of carbonyl (C=O) groups excluding carboxylic acids is 2. The minimum Gasteiger partial charge on any atom is -0.492 e. The number of hydrogen-bond acceptors (Lipinski definition) is 6. The largest absolute Gasteiger partial charge is 0.492 e. The molecule has 0 bridgehead atoms. The van der Waals surface area contributed by atoms with Gasteiger partial charge >= 0.3 is 5.97 Å². The Labute approximate surface area is 227 Å². The van der Waals surface area contributed by atoms with Gasteiger partial charge < -0.3 is 19.3 Å². The second-order valence-electron chi connectivity index (χ2n) is 10.1. The first-order valence-electron chi connectivity index (χ1n) is 13.0. The van der Waals surface area contributed by atoms with E-state index < -0.39 is 12.1 Å². The number of imide groups is 1. The van der Waals surface area contributed by atoms with Crippen molar-refractivity contribution in [2.75, 3.05) is 13.2 Å². The van der Waals surface area contributed by atoms with Crippen LogP contribution in [0.1, 0.15) is 47.9 Å². The highest BCUT2D eigenvalue weighted by atomic mass is 16.5. The van der Waals surface area contributed by atoms with Crippen LogP contribution in [-0.4, -0.2) is 47.0 Å². The Bertz CT molecular complexity index is 1420. The zero-order chi connectivity index (χ0) is 27.7. The van der Waals surface area contributed by atoms with Crippen LogP contribution in [0.25, 0.3) is 11.1 Å².